The van der Waals surface area contributed by atoms with Crippen LogP contribution in [0.25, 0.3) is 0 Å². The van der Waals surface area contributed by atoms with Gasteiger partial charge in [0.05, 0.1) is 12.5 Å². The molecule has 20 heavy (non-hydrogen) atoms. The van der Waals surface area contributed by atoms with Gasteiger partial charge in [0.2, 0.25) is 0 Å². The van der Waals surface area contributed by atoms with E-state index in [1.807, 2.05) is 0 Å². The molecule has 1 aromatic rings. The fraction of sp³-hybridized carbons (Fsp3) is 0.500. The minimum atomic E-state index is -0.244. The Labute approximate surface area is 122 Å². The van der Waals surface area contributed by atoms with Gasteiger partial charge in [-0.05, 0) is 31.9 Å². The number of carbonyl (C=O) groups excluding carboxylic acids is 2. The zero-order valence-corrected chi connectivity index (χ0v) is 12.1. The summed E-state index contributed by atoms with van der Waals surface area (Å²) in [6.45, 7) is 3.15. The third-order valence-electron chi connectivity index (χ3n) is 3.26. The van der Waals surface area contributed by atoms with E-state index >= 15 is 0 Å². The van der Waals surface area contributed by atoms with E-state index in [1.165, 1.54) is 0 Å². The molecular formula is C14H17ClN2O3. The van der Waals surface area contributed by atoms with Crippen molar-refractivity contribution in [2.75, 3.05) is 19.7 Å². The van der Waals surface area contributed by atoms with Crippen molar-refractivity contribution in [1.29, 1.82) is 0 Å². The quantitative estimate of drug-likeness (QED) is 0.633. The third-order valence-corrected chi connectivity index (χ3v) is 3.47. The second kappa shape index (κ2) is 6.70. The van der Waals surface area contributed by atoms with E-state index in [1.54, 1.807) is 30.0 Å². The van der Waals surface area contributed by atoms with Crippen LogP contribution in [0.5, 0.6) is 0 Å². The van der Waals surface area contributed by atoms with Gasteiger partial charge in [0.15, 0.2) is 0 Å². The average Bonchev–Trinajstić information content (AvgIpc) is 2.47. The van der Waals surface area contributed by atoms with Crippen LogP contribution in [0.15, 0.2) is 18.2 Å². The van der Waals surface area contributed by atoms with Gasteiger partial charge in [0, 0.05) is 13.1 Å². The lowest BCUT2D eigenvalue weighted by Gasteiger charge is -2.31. The smallest absolute Gasteiger partial charge is 0.310 e. The van der Waals surface area contributed by atoms with Crippen LogP contribution in [-0.4, -0.2) is 41.5 Å². The number of halogens is 1. The van der Waals surface area contributed by atoms with Crippen molar-refractivity contribution in [2.24, 2.45) is 5.92 Å². The molecule has 6 heteroatoms. The number of esters is 1. The van der Waals surface area contributed by atoms with Crippen molar-refractivity contribution < 1.29 is 14.3 Å². The largest absolute Gasteiger partial charge is 0.466 e. The first kappa shape index (κ1) is 14.8. The highest BCUT2D eigenvalue weighted by atomic mass is 35.5. The van der Waals surface area contributed by atoms with Gasteiger partial charge in [0.1, 0.15) is 10.8 Å². The summed E-state index contributed by atoms with van der Waals surface area (Å²) >= 11 is 5.79. The van der Waals surface area contributed by atoms with Crippen LogP contribution in [0.2, 0.25) is 5.15 Å². The maximum Gasteiger partial charge on any atom is 0.310 e. The highest BCUT2D eigenvalue weighted by molar-refractivity contribution is 6.29. The number of ether oxygens (including phenoxy) is 1. The summed E-state index contributed by atoms with van der Waals surface area (Å²) in [6, 6.07) is 4.94. The number of aromatic nitrogens is 1. The van der Waals surface area contributed by atoms with E-state index in [0.717, 1.165) is 12.8 Å². The Bertz CT molecular complexity index is 507. The van der Waals surface area contributed by atoms with Crippen LogP contribution in [0, 0.1) is 5.92 Å². The molecule has 108 valence electrons. The number of carbonyl (C=O) groups is 2. The SMILES string of the molecule is CCOC(=O)C1CCCN(C(=O)c2cccc(Cl)n2)C1. The molecule has 0 aliphatic carbocycles. The fourth-order valence-corrected chi connectivity index (χ4v) is 2.47. The molecule has 0 bridgehead atoms. The molecule has 5 nitrogen and oxygen atoms in total. The van der Waals surface area contributed by atoms with Crippen LogP contribution >= 0.6 is 11.6 Å². The Kier molecular flexibility index (Phi) is 4.95. The molecule has 1 atom stereocenters. The number of hydrogen-bond donors (Lipinski definition) is 0. The van der Waals surface area contributed by atoms with Crippen LogP contribution in [0.4, 0.5) is 0 Å². The van der Waals surface area contributed by atoms with Gasteiger partial charge in [-0.2, -0.15) is 0 Å². The Morgan fingerprint density at radius 3 is 3.00 bits per heavy atom. The van der Waals surface area contributed by atoms with E-state index in [2.05, 4.69) is 4.98 Å². The lowest BCUT2D eigenvalue weighted by atomic mass is 9.98. The summed E-state index contributed by atoms with van der Waals surface area (Å²) in [4.78, 5) is 29.7. The van der Waals surface area contributed by atoms with Gasteiger partial charge in [-0.25, -0.2) is 4.98 Å². The van der Waals surface area contributed by atoms with E-state index in [9.17, 15) is 9.59 Å². The molecule has 1 aromatic heterocycles. The number of nitrogens with zero attached hydrogens (tertiary/aromatic N) is 2. The minimum absolute atomic E-state index is 0.193. The first-order valence-electron chi connectivity index (χ1n) is 6.70. The zero-order chi connectivity index (χ0) is 14.5. The number of piperidine rings is 1. The van der Waals surface area contributed by atoms with Crippen molar-refractivity contribution in [1.82, 2.24) is 9.88 Å². The van der Waals surface area contributed by atoms with E-state index in [0.29, 0.717) is 25.4 Å². The summed E-state index contributed by atoms with van der Waals surface area (Å²) in [5.74, 6) is -0.669. The number of pyridine rings is 1. The van der Waals surface area contributed by atoms with Crippen molar-refractivity contribution in [2.45, 2.75) is 19.8 Å². The maximum atomic E-state index is 12.3. The van der Waals surface area contributed by atoms with Crippen LogP contribution in [-0.2, 0) is 9.53 Å². The van der Waals surface area contributed by atoms with Gasteiger partial charge in [0.25, 0.3) is 5.91 Å². The van der Waals surface area contributed by atoms with Crippen molar-refractivity contribution >= 4 is 23.5 Å². The lowest BCUT2D eigenvalue weighted by molar-refractivity contribution is -0.149. The van der Waals surface area contributed by atoms with Crippen molar-refractivity contribution in [3.63, 3.8) is 0 Å². The molecule has 1 saturated heterocycles. The van der Waals surface area contributed by atoms with Crippen molar-refractivity contribution in [3.05, 3.63) is 29.0 Å². The molecule has 1 aliphatic heterocycles. The second-order valence-electron chi connectivity index (χ2n) is 4.69. The summed E-state index contributed by atoms with van der Waals surface area (Å²) < 4.78 is 5.02. The molecule has 2 heterocycles. The number of amides is 1. The van der Waals surface area contributed by atoms with Crippen LogP contribution in [0.3, 0.4) is 0 Å². The Morgan fingerprint density at radius 2 is 2.30 bits per heavy atom. The summed E-state index contributed by atoms with van der Waals surface area (Å²) in [5, 5.41) is 0.287. The van der Waals surface area contributed by atoms with Crippen LogP contribution in [0.1, 0.15) is 30.3 Å². The highest BCUT2D eigenvalue weighted by Crippen LogP contribution is 2.20. The average molecular weight is 297 g/mol. The molecule has 1 unspecified atom stereocenters. The highest BCUT2D eigenvalue weighted by Gasteiger charge is 2.30. The van der Waals surface area contributed by atoms with Gasteiger partial charge < -0.3 is 9.64 Å². The molecule has 1 aliphatic rings. The molecular weight excluding hydrogens is 280 g/mol. The van der Waals surface area contributed by atoms with Gasteiger partial charge in [-0.15, -0.1) is 0 Å². The monoisotopic (exact) mass is 296 g/mol. The first-order valence-corrected chi connectivity index (χ1v) is 7.08. The molecule has 1 fully saturated rings. The lowest BCUT2D eigenvalue weighted by Crippen LogP contribution is -2.43. The normalized spacial score (nSPS) is 18.7. The molecule has 0 spiro atoms. The predicted molar refractivity (Wildman–Crippen MR) is 74.5 cm³/mol. The number of likely N-dealkylation sites (tertiary alicyclic amines) is 1. The maximum absolute atomic E-state index is 12.3. The van der Waals surface area contributed by atoms with Gasteiger partial charge in [-0.1, -0.05) is 17.7 Å². The van der Waals surface area contributed by atoms with E-state index < -0.39 is 0 Å². The molecule has 0 saturated carbocycles. The number of rotatable bonds is 3. The van der Waals surface area contributed by atoms with E-state index in [-0.39, 0.29) is 22.9 Å². The Hall–Kier alpha value is -1.62. The summed E-state index contributed by atoms with van der Waals surface area (Å²) in [5.41, 5.74) is 0.307. The van der Waals surface area contributed by atoms with E-state index in [4.69, 9.17) is 16.3 Å². The molecule has 1 amide bonds. The predicted octanol–water partition coefficient (Wildman–Crippen LogP) is 2.15. The molecule has 2 rings (SSSR count). The van der Waals surface area contributed by atoms with Gasteiger partial charge >= 0.3 is 5.97 Å². The Morgan fingerprint density at radius 1 is 1.50 bits per heavy atom. The van der Waals surface area contributed by atoms with Crippen molar-refractivity contribution in [3.8, 4) is 0 Å². The summed E-state index contributed by atoms with van der Waals surface area (Å²) in [6.07, 6.45) is 1.54. The zero-order valence-electron chi connectivity index (χ0n) is 11.3. The number of hydrogen-bond acceptors (Lipinski definition) is 4. The third kappa shape index (κ3) is 3.48. The summed E-state index contributed by atoms with van der Waals surface area (Å²) in [7, 11) is 0. The Balaban J connectivity index is 2.05. The minimum Gasteiger partial charge on any atom is -0.466 e. The van der Waals surface area contributed by atoms with Gasteiger partial charge in [-0.3, -0.25) is 9.59 Å². The topological polar surface area (TPSA) is 59.5 Å². The van der Waals surface area contributed by atoms with Crippen LogP contribution < -0.4 is 0 Å². The molecule has 0 aromatic carbocycles. The first-order chi connectivity index (χ1) is 9.61. The molecule has 0 N–H and O–H groups in total. The second-order valence-corrected chi connectivity index (χ2v) is 5.08. The molecule has 0 radical (unpaired) electrons. The standard InChI is InChI=1S/C14H17ClN2O3/c1-2-20-14(19)10-5-4-8-17(9-10)13(18)11-6-3-7-12(15)16-11/h3,6-7,10H,2,4-5,8-9H2,1H3. The fourth-order valence-electron chi connectivity index (χ4n) is 2.30.